The monoisotopic (exact) mass is 455 g/mol. The van der Waals surface area contributed by atoms with Crippen molar-refractivity contribution in [1.82, 2.24) is 10.4 Å². The van der Waals surface area contributed by atoms with Crippen LogP contribution in [0.3, 0.4) is 0 Å². The van der Waals surface area contributed by atoms with Crippen molar-refractivity contribution in [3.63, 3.8) is 0 Å². The van der Waals surface area contributed by atoms with E-state index in [1.165, 1.54) is 19.1 Å². The van der Waals surface area contributed by atoms with Gasteiger partial charge in [0.15, 0.2) is 0 Å². The van der Waals surface area contributed by atoms with Crippen molar-refractivity contribution in [2.24, 2.45) is 0 Å². The Balaban J connectivity index is 2.09. The summed E-state index contributed by atoms with van der Waals surface area (Å²) in [6.07, 6.45) is 0.157. The van der Waals surface area contributed by atoms with Crippen molar-refractivity contribution >= 4 is 41.2 Å². The maximum atomic E-state index is 12.8. The Morgan fingerprint density at radius 2 is 2.19 bits per heavy atom. The second-order valence-electron chi connectivity index (χ2n) is 6.32. The molecule has 2 aliphatic rings. The van der Waals surface area contributed by atoms with Gasteiger partial charge in [0, 0.05) is 25.8 Å². The lowest BCUT2D eigenvalue weighted by Gasteiger charge is -2.33. The molecule has 2 unspecified atom stereocenters. The van der Waals surface area contributed by atoms with Crippen LogP contribution in [0.2, 0.25) is 0 Å². The third-order valence-electron chi connectivity index (χ3n) is 4.09. The molecule has 2 saturated heterocycles. The van der Waals surface area contributed by atoms with Crippen molar-refractivity contribution in [1.29, 1.82) is 5.26 Å². The highest BCUT2D eigenvalue weighted by Crippen LogP contribution is 2.35. The summed E-state index contributed by atoms with van der Waals surface area (Å²) in [7, 11) is 0. The van der Waals surface area contributed by atoms with Crippen molar-refractivity contribution in [2.45, 2.75) is 51.2 Å². The number of ether oxygens (including phenoxy) is 4. The molecule has 0 radical (unpaired) electrons. The number of nitriles is 1. The zero-order chi connectivity index (χ0) is 23.0. The van der Waals surface area contributed by atoms with Crippen LogP contribution in [0.15, 0.2) is 12.2 Å². The zero-order valence-electron chi connectivity index (χ0n) is 16.8. The summed E-state index contributed by atoms with van der Waals surface area (Å²) in [4.78, 5) is 54.4. The number of nitrogens with one attached hydrogen (secondary N) is 1. The molecule has 0 aromatic carbocycles. The average molecular weight is 455 g/mol. The fourth-order valence-corrected chi connectivity index (χ4v) is 3.01. The number of esters is 2. The first kappa shape index (κ1) is 24.0. The van der Waals surface area contributed by atoms with E-state index in [1.54, 1.807) is 6.92 Å². The third kappa shape index (κ3) is 5.89. The number of allylic oxidation sites excluding steroid dienone is 1. The van der Waals surface area contributed by atoms with Gasteiger partial charge >= 0.3 is 23.8 Å². The van der Waals surface area contributed by atoms with E-state index in [0.717, 1.165) is 0 Å². The first-order chi connectivity index (χ1) is 14.7. The molecule has 1 N–H and O–H groups in total. The Labute approximate surface area is 182 Å². The van der Waals surface area contributed by atoms with Crippen LogP contribution < -0.4 is 5.32 Å². The number of hydroxylamine groups is 2. The third-order valence-corrected chi connectivity index (χ3v) is 4.38. The van der Waals surface area contributed by atoms with Crippen LogP contribution in [0.5, 0.6) is 0 Å². The molecule has 0 aliphatic carbocycles. The van der Waals surface area contributed by atoms with Crippen molar-refractivity contribution in [2.75, 3.05) is 13.2 Å². The molecule has 12 nitrogen and oxygen atoms in total. The molecule has 31 heavy (non-hydrogen) atoms. The molecule has 2 aliphatic heterocycles. The Kier molecular flexibility index (Phi) is 8.29. The van der Waals surface area contributed by atoms with E-state index in [-0.39, 0.29) is 37.5 Å². The standard InChI is InChI=1S/C18H21N3O9S/c1-3-26-17(25)29-11(2)28-16(24)18(8-7-14(22)30-18)21-15(23)12(10-27-21)20-13(31)6-4-5-9-19/h4-5,11-12H,3,6-8,10H2,1-2H3,(H,20,31)/t11?,12-,18?/m0/s1. The summed E-state index contributed by atoms with van der Waals surface area (Å²) >= 11 is 5.11. The molecule has 0 saturated carbocycles. The molecule has 0 aromatic heterocycles. The predicted octanol–water partition coefficient (Wildman–Crippen LogP) is 0.611. The molecular weight excluding hydrogens is 434 g/mol. The number of cyclic esters (lactones) is 1. The lowest BCUT2D eigenvalue weighted by Crippen LogP contribution is -2.57. The van der Waals surface area contributed by atoms with Crippen LogP contribution >= 0.6 is 12.2 Å². The minimum absolute atomic E-state index is 0.0553. The Hall–Kier alpha value is -3.24. The average Bonchev–Trinajstić information content (AvgIpc) is 3.26. The van der Waals surface area contributed by atoms with E-state index in [0.29, 0.717) is 5.06 Å². The van der Waals surface area contributed by atoms with Gasteiger partial charge in [0.2, 0.25) is 6.29 Å². The molecule has 2 fully saturated rings. The van der Waals surface area contributed by atoms with Crippen molar-refractivity contribution in [3.8, 4) is 6.07 Å². The highest BCUT2D eigenvalue weighted by Gasteiger charge is 2.60. The van der Waals surface area contributed by atoms with E-state index in [1.807, 2.05) is 6.07 Å². The fourth-order valence-electron chi connectivity index (χ4n) is 2.77. The normalized spacial score (nSPS) is 23.8. The second-order valence-corrected chi connectivity index (χ2v) is 6.81. The number of thiocarbonyl (C=S) groups is 1. The van der Waals surface area contributed by atoms with Crippen LogP contribution in [0, 0.1) is 11.3 Å². The van der Waals surface area contributed by atoms with Gasteiger partial charge in [-0.1, -0.05) is 18.3 Å². The number of rotatable bonds is 8. The predicted molar refractivity (Wildman–Crippen MR) is 103 cm³/mol. The molecule has 0 spiro atoms. The van der Waals surface area contributed by atoms with Gasteiger partial charge in [-0.25, -0.2) is 9.59 Å². The largest absolute Gasteiger partial charge is 0.511 e. The lowest BCUT2D eigenvalue weighted by molar-refractivity contribution is -0.265. The van der Waals surface area contributed by atoms with Crippen LogP contribution in [-0.4, -0.2) is 65.3 Å². The fraction of sp³-hybridized carbons (Fsp3) is 0.556. The van der Waals surface area contributed by atoms with E-state index >= 15 is 0 Å². The van der Waals surface area contributed by atoms with Gasteiger partial charge in [-0.05, 0) is 6.92 Å². The summed E-state index contributed by atoms with van der Waals surface area (Å²) in [6.45, 7) is 2.68. The topological polar surface area (TPSA) is 153 Å². The number of amides is 1. The summed E-state index contributed by atoms with van der Waals surface area (Å²) in [6, 6.07) is 0.874. The molecular formula is C18H21N3O9S. The van der Waals surface area contributed by atoms with Gasteiger partial charge in [-0.3, -0.25) is 14.4 Å². The van der Waals surface area contributed by atoms with Crippen LogP contribution in [0.25, 0.3) is 0 Å². The Bertz CT molecular complexity index is 825. The minimum atomic E-state index is -2.17. The van der Waals surface area contributed by atoms with Crippen molar-refractivity contribution < 1.29 is 43.0 Å². The molecule has 2 heterocycles. The van der Waals surface area contributed by atoms with Crippen LogP contribution in [0.4, 0.5) is 4.79 Å². The minimum Gasteiger partial charge on any atom is -0.435 e. The number of hydrogen-bond donors (Lipinski definition) is 1. The van der Waals surface area contributed by atoms with Gasteiger partial charge < -0.3 is 24.3 Å². The summed E-state index contributed by atoms with van der Waals surface area (Å²) in [5.74, 6) is -2.60. The SMILES string of the molecule is CCOC(=O)OC(C)OC(=O)C1(N2OC[C@H](NC(=S)CC=CC#N)C2=O)CCC(=O)O1. The number of carbonyl (C=O) groups excluding carboxylic acids is 4. The molecule has 0 bridgehead atoms. The summed E-state index contributed by atoms with van der Waals surface area (Å²) in [5.41, 5.74) is -2.17. The van der Waals surface area contributed by atoms with Crippen molar-refractivity contribution in [3.05, 3.63) is 12.2 Å². The molecule has 13 heteroatoms. The summed E-state index contributed by atoms with van der Waals surface area (Å²) in [5, 5.41) is 11.9. The molecule has 1 amide bonds. The molecule has 0 aromatic rings. The number of hydrogen-bond acceptors (Lipinski definition) is 11. The van der Waals surface area contributed by atoms with Gasteiger partial charge in [0.1, 0.15) is 12.6 Å². The van der Waals surface area contributed by atoms with Crippen LogP contribution in [-0.2, 0) is 38.2 Å². The first-order valence-electron chi connectivity index (χ1n) is 9.30. The number of carbonyl (C=O) groups is 4. The molecule has 3 atom stereocenters. The van der Waals surface area contributed by atoms with E-state index in [4.69, 9.17) is 36.5 Å². The lowest BCUT2D eigenvalue weighted by atomic mass is 10.1. The van der Waals surface area contributed by atoms with Gasteiger partial charge in [0.25, 0.3) is 5.91 Å². The maximum Gasteiger partial charge on any atom is 0.511 e. The Morgan fingerprint density at radius 3 is 2.81 bits per heavy atom. The van der Waals surface area contributed by atoms with Gasteiger partial charge in [0.05, 0.1) is 24.1 Å². The maximum absolute atomic E-state index is 12.8. The van der Waals surface area contributed by atoms with E-state index < -0.39 is 42.1 Å². The molecule has 2 rings (SSSR count). The van der Waals surface area contributed by atoms with E-state index in [9.17, 15) is 19.2 Å². The highest BCUT2D eigenvalue weighted by molar-refractivity contribution is 7.80. The summed E-state index contributed by atoms with van der Waals surface area (Å²) < 4.78 is 19.5. The van der Waals surface area contributed by atoms with Crippen LogP contribution in [0.1, 0.15) is 33.1 Å². The van der Waals surface area contributed by atoms with Gasteiger partial charge in [-0.2, -0.15) is 10.3 Å². The zero-order valence-corrected chi connectivity index (χ0v) is 17.6. The second kappa shape index (κ2) is 10.7. The highest BCUT2D eigenvalue weighted by atomic mass is 32.1. The van der Waals surface area contributed by atoms with E-state index in [2.05, 4.69) is 10.1 Å². The first-order valence-corrected chi connectivity index (χ1v) is 9.71. The Morgan fingerprint density at radius 1 is 1.45 bits per heavy atom. The molecule has 168 valence electrons. The smallest absolute Gasteiger partial charge is 0.435 e. The quantitative estimate of drug-likeness (QED) is 0.179. The number of nitrogens with zero attached hydrogens (tertiary/aromatic N) is 2. The van der Waals surface area contributed by atoms with Gasteiger partial charge in [-0.15, -0.1) is 0 Å².